The van der Waals surface area contributed by atoms with E-state index in [9.17, 15) is 4.57 Å². The summed E-state index contributed by atoms with van der Waals surface area (Å²) in [7, 11) is -2.55. The molecule has 1 unspecified atom stereocenters. The zero-order chi connectivity index (χ0) is 28.0. The molecule has 0 bridgehead atoms. The van der Waals surface area contributed by atoms with Gasteiger partial charge >= 0.3 is 8.25 Å². The standard InChI is InChI=1S/C29H50N5O4P.H3N/c1-3-4-5-6-7-8-9-10-11-12-13-14-15-16-17-18-19-20-21-37-39(35)38-25-36-26(2)22-34-24-33-27-28(30)31-23-32-29(27)34;/h1,23-24,26,39H,4-22,25H2,2H3,(H2,30,31,32);1H3/t26-;/m1./s1. The Kier molecular flexibility index (Phi) is 21.3. The largest absolute Gasteiger partial charge is 0.382 e. The summed E-state index contributed by atoms with van der Waals surface area (Å²) < 4.78 is 29.9. The molecule has 2 aromatic rings. The minimum Gasteiger partial charge on any atom is -0.382 e. The lowest BCUT2D eigenvalue weighted by molar-refractivity contribution is -0.0367. The van der Waals surface area contributed by atoms with Crippen molar-refractivity contribution in [2.45, 2.75) is 129 Å². The van der Waals surface area contributed by atoms with Gasteiger partial charge in [-0.25, -0.2) is 15.0 Å². The second kappa shape index (κ2) is 23.7. The first-order valence-electron chi connectivity index (χ1n) is 14.9. The van der Waals surface area contributed by atoms with E-state index < -0.39 is 8.25 Å². The lowest BCUT2D eigenvalue weighted by Gasteiger charge is -2.14. The highest BCUT2D eigenvalue weighted by molar-refractivity contribution is 7.33. The molecule has 2 aromatic heterocycles. The van der Waals surface area contributed by atoms with Crippen molar-refractivity contribution < 1.29 is 18.3 Å². The minimum absolute atomic E-state index is 0. The zero-order valence-corrected chi connectivity index (χ0v) is 25.7. The van der Waals surface area contributed by atoms with Gasteiger partial charge in [-0.3, -0.25) is 9.09 Å². The van der Waals surface area contributed by atoms with E-state index in [2.05, 4.69) is 20.9 Å². The number of nitrogen functional groups attached to an aromatic ring is 1. The van der Waals surface area contributed by atoms with Crippen molar-refractivity contribution in [2.24, 2.45) is 0 Å². The maximum Gasteiger partial charge on any atom is 0.321 e. The van der Waals surface area contributed by atoms with Gasteiger partial charge in [-0.2, -0.15) is 0 Å². The van der Waals surface area contributed by atoms with Gasteiger partial charge < -0.3 is 25.7 Å². The number of ether oxygens (including phenoxy) is 1. The highest BCUT2D eigenvalue weighted by Gasteiger charge is 2.11. The van der Waals surface area contributed by atoms with Crippen molar-refractivity contribution in [1.29, 1.82) is 0 Å². The number of hydrogen-bond acceptors (Lipinski definition) is 9. The molecular weight excluding hydrogens is 527 g/mol. The molecule has 0 aliphatic heterocycles. The quantitative estimate of drug-likeness (QED) is 0.0523. The Bertz CT molecular complexity index is 968. The molecule has 2 rings (SSSR count). The third-order valence-electron chi connectivity index (χ3n) is 6.85. The molecule has 0 spiro atoms. The van der Waals surface area contributed by atoms with Gasteiger partial charge in [-0.1, -0.05) is 89.9 Å². The number of nitrogens with two attached hydrogens (primary N) is 1. The van der Waals surface area contributed by atoms with Crippen molar-refractivity contribution in [3.8, 4) is 12.3 Å². The van der Waals surface area contributed by atoms with Crippen LogP contribution in [0.3, 0.4) is 0 Å². The Hall–Kier alpha value is -2.02. The van der Waals surface area contributed by atoms with Gasteiger partial charge in [0.05, 0.1) is 25.6 Å². The molecule has 0 aromatic carbocycles. The summed E-state index contributed by atoms with van der Waals surface area (Å²) in [5.74, 6) is 3.06. The number of aromatic nitrogens is 4. The number of anilines is 1. The third kappa shape index (κ3) is 16.3. The van der Waals surface area contributed by atoms with Crippen LogP contribution in [0.4, 0.5) is 5.82 Å². The summed E-state index contributed by atoms with van der Waals surface area (Å²) in [5.41, 5.74) is 7.03. The fourth-order valence-electron chi connectivity index (χ4n) is 4.56. The van der Waals surface area contributed by atoms with Crippen molar-refractivity contribution in [3.63, 3.8) is 0 Å². The normalized spacial score (nSPS) is 12.7. The van der Waals surface area contributed by atoms with Crippen LogP contribution in [0.2, 0.25) is 0 Å². The molecule has 0 aliphatic carbocycles. The molecule has 0 aliphatic rings. The van der Waals surface area contributed by atoms with Crippen LogP contribution in [0.5, 0.6) is 0 Å². The summed E-state index contributed by atoms with van der Waals surface area (Å²) in [5, 5.41) is 0. The maximum absolute atomic E-state index is 11.9. The number of nitrogens with zero attached hydrogens (tertiary/aromatic N) is 4. The predicted molar refractivity (Wildman–Crippen MR) is 164 cm³/mol. The van der Waals surface area contributed by atoms with Crippen LogP contribution in [0, 0.1) is 12.3 Å². The molecule has 11 heteroatoms. The van der Waals surface area contributed by atoms with Crippen LogP contribution >= 0.6 is 8.25 Å². The van der Waals surface area contributed by atoms with Crippen LogP contribution in [-0.4, -0.2) is 39.0 Å². The van der Waals surface area contributed by atoms with Crippen LogP contribution in [0.25, 0.3) is 11.2 Å². The number of fused-ring (bicyclic) bond motifs is 1. The van der Waals surface area contributed by atoms with Gasteiger partial charge in [0.1, 0.15) is 11.8 Å². The first kappa shape index (κ1) is 36.0. The van der Waals surface area contributed by atoms with Crippen molar-refractivity contribution in [1.82, 2.24) is 25.7 Å². The minimum atomic E-state index is -2.55. The van der Waals surface area contributed by atoms with Crippen LogP contribution < -0.4 is 11.9 Å². The molecule has 40 heavy (non-hydrogen) atoms. The van der Waals surface area contributed by atoms with Gasteiger partial charge in [0.2, 0.25) is 0 Å². The number of hydrogen-bond donors (Lipinski definition) is 2. The maximum atomic E-state index is 11.9. The molecule has 2 atom stereocenters. The van der Waals surface area contributed by atoms with E-state index >= 15 is 0 Å². The summed E-state index contributed by atoms with van der Waals surface area (Å²) in [6.07, 6.45) is 29.6. The van der Waals surface area contributed by atoms with Gasteiger partial charge in [0, 0.05) is 6.42 Å². The summed E-state index contributed by atoms with van der Waals surface area (Å²) >= 11 is 0. The Balaban J connectivity index is 0.00000800. The first-order valence-corrected chi connectivity index (χ1v) is 16.1. The smallest absolute Gasteiger partial charge is 0.321 e. The number of terminal acetylenes is 1. The van der Waals surface area contributed by atoms with E-state index in [-0.39, 0.29) is 19.0 Å². The van der Waals surface area contributed by atoms with E-state index in [1.54, 1.807) is 6.33 Å². The van der Waals surface area contributed by atoms with E-state index in [0.29, 0.717) is 30.1 Å². The van der Waals surface area contributed by atoms with Gasteiger partial charge in [0.15, 0.2) is 18.3 Å². The average Bonchev–Trinajstić information content (AvgIpc) is 3.33. The lowest BCUT2D eigenvalue weighted by Crippen LogP contribution is -2.17. The van der Waals surface area contributed by atoms with Crippen molar-refractivity contribution in [2.75, 3.05) is 19.1 Å². The molecule has 0 radical (unpaired) electrons. The third-order valence-corrected chi connectivity index (χ3v) is 7.64. The molecule has 2 heterocycles. The summed E-state index contributed by atoms with van der Waals surface area (Å²) in [6.45, 7) is 2.77. The van der Waals surface area contributed by atoms with Crippen LogP contribution in [-0.2, 0) is 24.9 Å². The fourth-order valence-corrected chi connectivity index (χ4v) is 5.12. The molecule has 228 valence electrons. The molecule has 10 nitrogen and oxygen atoms in total. The Labute approximate surface area is 242 Å². The second-order valence-electron chi connectivity index (χ2n) is 10.3. The molecule has 5 N–H and O–H groups in total. The highest BCUT2D eigenvalue weighted by Crippen LogP contribution is 2.24. The van der Waals surface area contributed by atoms with Gasteiger partial charge in [-0.15, -0.1) is 12.3 Å². The van der Waals surface area contributed by atoms with Gasteiger partial charge in [-0.05, 0) is 19.8 Å². The van der Waals surface area contributed by atoms with Crippen LogP contribution in [0.1, 0.15) is 116 Å². The second-order valence-corrected chi connectivity index (χ2v) is 11.4. The SMILES string of the molecule is C#CCCCCCCCCCCCCCCCCCCO[PH](=O)OCO[C@H](C)Cn1cnc2c(N)ncnc21.N. The van der Waals surface area contributed by atoms with E-state index in [0.717, 1.165) is 19.3 Å². The molecule has 0 amide bonds. The first-order chi connectivity index (χ1) is 19.1. The zero-order valence-electron chi connectivity index (χ0n) is 24.7. The van der Waals surface area contributed by atoms with E-state index in [1.165, 1.54) is 96.2 Å². The molecule has 0 fully saturated rings. The number of rotatable bonds is 25. The molecule has 0 saturated heterocycles. The van der Waals surface area contributed by atoms with Crippen molar-refractivity contribution in [3.05, 3.63) is 12.7 Å². The molecular formula is C29H53N6O4P. The summed E-state index contributed by atoms with van der Waals surface area (Å²) in [6, 6.07) is 0. The predicted octanol–water partition coefficient (Wildman–Crippen LogP) is 7.62. The Morgan fingerprint density at radius 2 is 1.43 bits per heavy atom. The Morgan fingerprint density at radius 3 is 2.00 bits per heavy atom. The molecule has 0 saturated carbocycles. The lowest BCUT2D eigenvalue weighted by atomic mass is 10.0. The summed E-state index contributed by atoms with van der Waals surface area (Å²) in [4.78, 5) is 12.4. The average molecular weight is 581 g/mol. The Morgan fingerprint density at radius 1 is 0.875 bits per heavy atom. The number of imidazole rings is 1. The van der Waals surface area contributed by atoms with Crippen molar-refractivity contribution >= 4 is 25.2 Å². The fraction of sp³-hybridized carbons (Fsp3) is 0.759. The van der Waals surface area contributed by atoms with E-state index in [4.69, 9.17) is 25.9 Å². The van der Waals surface area contributed by atoms with Gasteiger partial charge in [0.25, 0.3) is 0 Å². The monoisotopic (exact) mass is 580 g/mol. The van der Waals surface area contributed by atoms with Crippen LogP contribution in [0.15, 0.2) is 12.7 Å². The highest BCUT2D eigenvalue weighted by atomic mass is 31.1. The van der Waals surface area contributed by atoms with E-state index in [1.807, 2.05) is 11.5 Å². The number of unbranched alkanes of at least 4 members (excludes halogenated alkanes) is 16. The topological polar surface area (TPSA) is 149 Å².